The molecule has 1 atom stereocenters. The van der Waals surface area contributed by atoms with Gasteiger partial charge >= 0.3 is 5.97 Å². The number of carboxylic acid groups (broad SMARTS) is 1. The monoisotopic (exact) mass is 434 g/mol. The van der Waals surface area contributed by atoms with Crippen molar-refractivity contribution in [3.8, 4) is 0 Å². The highest BCUT2D eigenvalue weighted by Crippen LogP contribution is 2.27. The van der Waals surface area contributed by atoms with E-state index in [2.05, 4.69) is 5.32 Å². The molecule has 0 aliphatic carbocycles. The summed E-state index contributed by atoms with van der Waals surface area (Å²) in [6, 6.07) is 10.8. The van der Waals surface area contributed by atoms with E-state index in [4.69, 9.17) is 23.2 Å². The van der Waals surface area contributed by atoms with Gasteiger partial charge < -0.3 is 15.3 Å². The number of carbonyl (C=O) groups excluding carboxylic acids is 2. The molecule has 2 amide bonds. The lowest BCUT2D eigenvalue weighted by molar-refractivity contribution is -0.136. The van der Waals surface area contributed by atoms with Crippen molar-refractivity contribution in [3.05, 3.63) is 63.6 Å². The molecule has 8 heteroatoms. The molecule has 1 saturated heterocycles. The molecular formula is C21H20Cl2N2O4. The lowest BCUT2D eigenvalue weighted by atomic mass is 10.0. The predicted molar refractivity (Wildman–Crippen MR) is 112 cm³/mol. The van der Waals surface area contributed by atoms with E-state index in [0.717, 1.165) is 6.42 Å². The second-order valence-electron chi connectivity index (χ2n) is 6.82. The number of nitrogens with one attached hydrogen (secondary N) is 1. The summed E-state index contributed by atoms with van der Waals surface area (Å²) in [6.45, 7) is 0.487. The van der Waals surface area contributed by atoms with Crippen LogP contribution in [0.5, 0.6) is 0 Å². The number of amides is 2. The van der Waals surface area contributed by atoms with Crippen molar-refractivity contribution >= 4 is 46.7 Å². The summed E-state index contributed by atoms with van der Waals surface area (Å²) in [5, 5.41) is 12.8. The van der Waals surface area contributed by atoms with E-state index in [1.54, 1.807) is 41.3 Å². The zero-order chi connectivity index (χ0) is 21.0. The number of carboxylic acids is 1. The first-order valence-electron chi connectivity index (χ1n) is 9.23. The fraction of sp³-hybridized carbons (Fsp3) is 0.286. The summed E-state index contributed by atoms with van der Waals surface area (Å²) in [4.78, 5) is 38.3. The molecule has 1 aliphatic heterocycles. The van der Waals surface area contributed by atoms with Gasteiger partial charge in [0.25, 0.3) is 0 Å². The Kier molecular flexibility index (Phi) is 6.77. The molecule has 0 radical (unpaired) electrons. The Labute approximate surface area is 178 Å². The normalized spacial score (nSPS) is 15.9. The van der Waals surface area contributed by atoms with E-state index in [0.29, 0.717) is 40.7 Å². The van der Waals surface area contributed by atoms with Gasteiger partial charge in [0.2, 0.25) is 11.8 Å². The zero-order valence-electron chi connectivity index (χ0n) is 15.5. The number of benzene rings is 2. The second kappa shape index (κ2) is 9.29. The van der Waals surface area contributed by atoms with Gasteiger partial charge in [0.1, 0.15) is 6.04 Å². The van der Waals surface area contributed by atoms with Crippen LogP contribution < -0.4 is 5.32 Å². The molecule has 0 spiro atoms. The van der Waals surface area contributed by atoms with Gasteiger partial charge in [-0.3, -0.25) is 9.59 Å². The van der Waals surface area contributed by atoms with Crippen LogP contribution in [-0.4, -0.2) is 40.4 Å². The van der Waals surface area contributed by atoms with Crippen LogP contribution in [0.3, 0.4) is 0 Å². The van der Waals surface area contributed by atoms with Crippen LogP contribution in [0.1, 0.15) is 35.2 Å². The lowest BCUT2D eigenvalue weighted by Gasteiger charge is -2.24. The maximum Gasteiger partial charge on any atom is 0.335 e. The number of anilines is 1. The number of halogens is 2. The Morgan fingerprint density at radius 2 is 1.90 bits per heavy atom. The summed E-state index contributed by atoms with van der Waals surface area (Å²) >= 11 is 12.1. The molecule has 0 saturated carbocycles. The van der Waals surface area contributed by atoms with Crippen molar-refractivity contribution in [2.75, 3.05) is 11.9 Å². The highest BCUT2D eigenvalue weighted by atomic mass is 35.5. The van der Waals surface area contributed by atoms with Crippen LogP contribution in [0.4, 0.5) is 5.69 Å². The summed E-state index contributed by atoms with van der Waals surface area (Å²) in [5.41, 5.74) is 1.18. The van der Waals surface area contributed by atoms with E-state index >= 15 is 0 Å². The van der Waals surface area contributed by atoms with Crippen molar-refractivity contribution in [3.63, 3.8) is 0 Å². The van der Waals surface area contributed by atoms with Gasteiger partial charge in [-0.1, -0.05) is 41.4 Å². The van der Waals surface area contributed by atoms with E-state index < -0.39 is 12.0 Å². The largest absolute Gasteiger partial charge is 0.478 e. The Morgan fingerprint density at radius 3 is 2.66 bits per heavy atom. The quantitative estimate of drug-likeness (QED) is 0.710. The Balaban J connectivity index is 1.65. The van der Waals surface area contributed by atoms with Crippen molar-refractivity contribution in [2.45, 2.75) is 31.7 Å². The second-order valence-corrected chi connectivity index (χ2v) is 7.66. The molecule has 2 aromatic rings. The van der Waals surface area contributed by atoms with Crippen LogP contribution in [0.25, 0.3) is 0 Å². The number of nitrogens with zero attached hydrogens (tertiary/aromatic N) is 1. The average Bonchev–Trinajstić information content (AvgIpc) is 3.19. The molecule has 1 unspecified atom stereocenters. The van der Waals surface area contributed by atoms with Crippen LogP contribution in [0.15, 0.2) is 42.5 Å². The highest BCUT2D eigenvalue weighted by molar-refractivity contribution is 6.35. The van der Waals surface area contributed by atoms with Crippen LogP contribution >= 0.6 is 23.2 Å². The molecular weight excluding hydrogens is 415 g/mol. The molecule has 0 bridgehead atoms. The van der Waals surface area contributed by atoms with E-state index in [9.17, 15) is 19.5 Å². The van der Waals surface area contributed by atoms with Crippen molar-refractivity contribution < 1.29 is 19.5 Å². The molecule has 2 aromatic carbocycles. The summed E-state index contributed by atoms with van der Waals surface area (Å²) in [5.74, 6) is -1.52. The van der Waals surface area contributed by atoms with Gasteiger partial charge in [-0.25, -0.2) is 4.79 Å². The Bertz CT molecular complexity index is 948. The van der Waals surface area contributed by atoms with Gasteiger partial charge in [-0.05, 0) is 49.1 Å². The van der Waals surface area contributed by atoms with Gasteiger partial charge in [-0.15, -0.1) is 0 Å². The number of hydrogen-bond donors (Lipinski definition) is 2. The summed E-state index contributed by atoms with van der Waals surface area (Å²) in [7, 11) is 0. The summed E-state index contributed by atoms with van der Waals surface area (Å²) < 4.78 is 0. The standard InChI is InChI=1S/C21H20Cl2N2O4/c22-14-8-9-16(23)17(12-14)24-20(27)18-6-3-11-25(18)19(26)10-7-13-4-1-2-5-15(13)21(28)29/h1-2,4-5,8-9,12,18H,3,6-7,10-11H2,(H,24,27)(H,28,29). The average molecular weight is 435 g/mol. The molecule has 1 aliphatic rings. The Hall–Kier alpha value is -2.57. The number of aryl methyl sites for hydroxylation is 1. The SMILES string of the molecule is O=C(O)c1ccccc1CCC(=O)N1CCCC1C(=O)Nc1cc(Cl)ccc1Cl. The minimum absolute atomic E-state index is 0.131. The predicted octanol–water partition coefficient (Wildman–Crippen LogP) is 4.25. The molecule has 152 valence electrons. The maximum atomic E-state index is 12.7. The van der Waals surface area contributed by atoms with Gasteiger partial charge in [0.15, 0.2) is 0 Å². The molecule has 6 nitrogen and oxygen atoms in total. The molecule has 29 heavy (non-hydrogen) atoms. The number of hydrogen-bond acceptors (Lipinski definition) is 3. The first-order valence-corrected chi connectivity index (χ1v) is 9.99. The molecule has 3 rings (SSSR count). The topological polar surface area (TPSA) is 86.7 Å². The molecule has 2 N–H and O–H groups in total. The minimum Gasteiger partial charge on any atom is -0.478 e. The smallest absolute Gasteiger partial charge is 0.335 e. The van der Waals surface area contributed by atoms with Gasteiger partial charge in [0.05, 0.1) is 16.3 Å². The minimum atomic E-state index is -1.02. The van der Waals surface area contributed by atoms with Crippen LogP contribution in [-0.2, 0) is 16.0 Å². The zero-order valence-corrected chi connectivity index (χ0v) is 17.0. The van der Waals surface area contributed by atoms with E-state index in [1.807, 2.05) is 0 Å². The first-order chi connectivity index (χ1) is 13.9. The third kappa shape index (κ3) is 5.08. The summed E-state index contributed by atoms with van der Waals surface area (Å²) in [6.07, 6.45) is 1.71. The van der Waals surface area contributed by atoms with Crippen LogP contribution in [0.2, 0.25) is 10.0 Å². The third-order valence-corrected chi connectivity index (χ3v) is 5.48. The Morgan fingerprint density at radius 1 is 1.14 bits per heavy atom. The van der Waals surface area contributed by atoms with Gasteiger partial charge in [-0.2, -0.15) is 0 Å². The number of carbonyl (C=O) groups is 3. The van der Waals surface area contributed by atoms with Crippen molar-refractivity contribution in [1.29, 1.82) is 0 Å². The van der Waals surface area contributed by atoms with Crippen molar-refractivity contribution in [2.24, 2.45) is 0 Å². The molecule has 0 aromatic heterocycles. The maximum absolute atomic E-state index is 12.7. The molecule has 1 heterocycles. The van der Waals surface area contributed by atoms with Gasteiger partial charge in [0, 0.05) is 18.0 Å². The molecule has 1 fully saturated rings. The van der Waals surface area contributed by atoms with Crippen molar-refractivity contribution in [1.82, 2.24) is 4.90 Å². The first kappa shape index (κ1) is 21.1. The van der Waals surface area contributed by atoms with E-state index in [1.165, 1.54) is 6.07 Å². The third-order valence-electron chi connectivity index (χ3n) is 4.92. The van der Waals surface area contributed by atoms with E-state index in [-0.39, 0.29) is 23.8 Å². The van der Waals surface area contributed by atoms with Crippen LogP contribution in [0, 0.1) is 0 Å². The highest BCUT2D eigenvalue weighted by Gasteiger charge is 2.34. The number of likely N-dealkylation sites (tertiary alicyclic amines) is 1. The fourth-order valence-corrected chi connectivity index (χ4v) is 3.82. The number of rotatable bonds is 6. The number of aromatic carboxylic acids is 1. The fourth-order valence-electron chi connectivity index (χ4n) is 3.48. The lowest BCUT2D eigenvalue weighted by Crippen LogP contribution is -2.43.